The molecule has 19 heavy (non-hydrogen) atoms. The standard InChI is InChI=1S/C15H19NO3/c1-4-10(2)15(19)16-13-7-5-12(11(3)9-13)6-8-14(17)18/h5-10H,4H2,1-3H3,(H,16,19)(H,17,18). The van der Waals surface area contributed by atoms with Gasteiger partial charge in [-0.3, -0.25) is 4.79 Å². The lowest BCUT2D eigenvalue weighted by Gasteiger charge is -2.11. The van der Waals surface area contributed by atoms with Crippen molar-refractivity contribution < 1.29 is 14.7 Å². The summed E-state index contributed by atoms with van der Waals surface area (Å²) in [6.45, 7) is 5.72. The topological polar surface area (TPSA) is 66.4 Å². The zero-order valence-electron chi connectivity index (χ0n) is 11.4. The number of nitrogens with one attached hydrogen (secondary N) is 1. The third-order valence-corrected chi connectivity index (χ3v) is 3.00. The third kappa shape index (κ3) is 4.58. The molecule has 102 valence electrons. The van der Waals surface area contributed by atoms with Gasteiger partial charge in [0.2, 0.25) is 5.91 Å². The van der Waals surface area contributed by atoms with Crippen molar-refractivity contribution in [1.82, 2.24) is 0 Å². The molecule has 1 rings (SSSR count). The fraction of sp³-hybridized carbons (Fsp3) is 0.333. The number of amides is 1. The number of anilines is 1. The Labute approximate surface area is 113 Å². The molecule has 1 unspecified atom stereocenters. The first-order chi connectivity index (χ1) is 8.93. The zero-order valence-corrected chi connectivity index (χ0v) is 11.4. The minimum absolute atomic E-state index is 0.00396. The van der Waals surface area contributed by atoms with Crippen molar-refractivity contribution >= 4 is 23.6 Å². The molecule has 0 radical (unpaired) electrons. The van der Waals surface area contributed by atoms with Gasteiger partial charge in [-0.05, 0) is 42.7 Å². The molecule has 2 N–H and O–H groups in total. The molecule has 0 aromatic heterocycles. The van der Waals surface area contributed by atoms with Gasteiger partial charge in [-0.25, -0.2) is 4.79 Å². The number of aryl methyl sites for hydroxylation is 1. The number of hydrogen-bond acceptors (Lipinski definition) is 2. The van der Waals surface area contributed by atoms with Crippen LogP contribution in [0.15, 0.2) is 24.3 Å². The highest BCUT2D eigenvalue weighted by molar-refractivity contribution is 5.92. The molecule has 0 saturated carbocycles. The molecule has 0 heterocycles. The minimum atomic E-state index is -0.978. The summed E-state index contributed by atoms with van der Waals surface area (Å²) in [5, 5.41) is 11.4. The molecular formula is C15H19NO3. The number of rotatable bonds is 5. The molecule has 0 fully saturated rings. The predicted molar refractivity (Wildman–Crippen MR) is 75.9 cm³/mol. The monoisotopic (exact) mass is 261 g/mol. The summed E-state index contributed by atoms with van der Waals surface area (Å²) in [7, 11) is 0. The SMILES string of the molecule is CCC(C)C(=O)Nc1ccc(C=CC(=O)O)c(C)c1. The van der Waals surface area contributed by atoms with Crippen LogP contribution in [0, 0.1) is 12.8 Å². The first kappa shape index (κ1) is 15.0. The first-order valence-electron chi connectivity index (χ1n) is 6.26. The molecule has 0 aliphatic rings. The van der Waals surface area contributed by atoms with Gasteiger partial charge in [0, 0.05) is 17.7 Å². The Morgan fingerprint density at radius 2 is 2.11 bits per heavy atom. The average molecular weight is 261 g/mol. The van der Waals surface area contributed by atoms with Crippen molar-refractivity contribution in [2.75, 3.05) is 5.32 Å². The van der Waals surface area contributed by atoms with Crippen molar-refractivity contribution in [3.63, 3.8) is 0 Å². The summed E-state index contributed by atoms with van der Waals surface area (Å²) < 4.78 is 0. The highest BCUT2D eigenvalue weighted by Crippen LogP contribution is 2.17. The fourth-order valence-electron chi connectivity index (χ4n) is 1.55. The molecule has 0 saturated heterocycles. The Morgan fingerprint density at radius 1 is 1.42 bits per heavy atom. The van der Waals surface area contributed by atoms with Gasteiger partial charge in [0.15, 0.2) is 0 Å². The molecular weight excluding hydrogens is 242 g/mol. The summed E-state index contributed by atoms with van der Waals surface area (Å²) in [5.41, 5.74) is 2.47. The summed E-state index contributed by atoms with van der Waals surface area (Å²) in [5.74, 6) is -1.00. The quantitative estimate of drug-likeness (QED) is 0.800. The van der Waals surface area contributed by atoms with Gasteiger partial charge in [-0.15, -0.1) is 0 Å². The van der Waals surface area contributed by atoms with Crippen molar-refractivity contribution in [2.45, 2.75) is 27.2 Å². The lowest BCUT2D eigenvalue weighted by atomic mass is 10.1. The van der Waals surface area contributed by atoms with Crippen LogP contribution in [0.25, 0.3) is 6.08 Å². The van der Waals surface area contributed by atoms with E-state index in [4.69, 9.17) is 5.11 Å². The Bertz CT molecular complexity index is 506. The molecule has 0 aliphatic carbocycles. The van der Waals surface area contributed by atoms with Crippen LogP contribution < -0.4 is 5.32 Å². The highest BCUT2D eigenvalue weighted by Gasteiger charge is 2.10. The number of aliphatic carboxylic acids is 1. The normalized spacial score (nSPS) is 12.4. The Balaban J connectivity index is 2.82. The van der Waals surface area contributed by atoms with Gasteiger partial charge in [0.05, 0.1) is 0 Å². The summed E-state index contributed by atoms with van der Waals surface area (Å²) in [4.78, 5) is 22.2. The van der Waals surface area contributed by atoms with E-state index in [1.165, 1.54) is 6.08 Å². The van der Waals surface area contributed by atoms with Crippen LogP contribution in [0.2, 0.25) is 0 Å². The van der Waals surface area contributed by atoms with Crippen LogP contribution in [0.1, 0.15) is 31.4 Å². The second kappa shape index (κ2) is 6.73. The molecule has 1 aromatic rings. The zero-order chi connectivity index (χ0) is 14.4. The van der Waals surface area contributed by atoms with Gasteiger partial charge in [-0.2, -0.15) is 0 Å². The molecule has 4 nitrogen and oxygen atoms in total. The number of carboxylic acid groups (broad SMARTS) is 1. The van der Waals surface area contributed by atoms with E-state index < -0.39 is 5.97 Å². The van der Waals surface area contributed by atoms with E-state index in [0.29, 0.717) is 0 Å². The minimum Gasteiger partial charge on any atom is -0.478 e. The van der Waals surface area contributed by atoms with Gasteiger partial charge in [-0.1, -0.05) is 19.9 Å². The van der Waals surface area contributed by atoms with Crippen molar-refractivity contribution in [3.8, 4) is 0 Å². The first-order valence-corrected chi connectivity index (χ1v) is 6.26. The molecule has 1 aromatic carbocycles. The maximum absolute atomic E-state index is 11.8. The second-order valence-corrected chi connectivity index (χ2v) is 4.54. The van der Waals surface area contributed by atoms with Crippen LogP contribution in [-0.4, -0.2) is 17.0 Å². The van der Waals surface area contributed by atoms with E-state index in [9.17, 15) is 9.59 Å². The van der Waals surface area contributed by atoms with Gasteiger partial charge in [0.1, 0.15) is 0 Å². The van der Waals surface area contributed by atoms with Crippen molar-refractivity contribution in [3.05, 3.63) is 35.4 Å². The Morgan fingerprint density at radius 3 is 2.63 bits per heavy atom. The average Bonchev–Trinajstić information content (AvgIpc) is 2.36. The third-order valence-electron chi connectivity index (χ3n) is 3.00. The van der Waals surface area contributed by atoms with Crippen molar-refractivity contribution in [1.29, 1.82) is 0 Å². The van der Waals surface area contributed by atoms with Crippen molar-refractivity contribution in [2.24, 2.45) is 5.92 Å². The van der Waals surface area contributed by atoms with Gasteiger partial charge < -0.3 is 10.4 Å². The van der Waals surface area contributed by atoms with E-state index >= 15 is 0 Å². The number of carbonyl (C=O) groups excluding carboxylic acids is 1. The van der Waals surface area contributed by atoms with E-state index in [0.717, 1.165) is 29.3 Å². The predicted octanol–water partition coefficient (Wildman–Crippen LogP) is 3.08. The lowest BCUT2D eigenvalue weighted by Crippen LogP contribution is -2.19. The molecule has 4 heteroatoms. The van der Waals surface area contributed by atoms with Gasteiger partial charge in [0.25, 0.3) is 0 Å². The second-order valence-electron chi connectivity index (χ2n) is 4.54. The lowest BCUT2D eigenvalue weighted by molar-refractivity contribution is -0.131. The summed E-state index contributed by atoms with van der Waals surface area (Å²) in [6, 6.07) is 5.40. The maximum atomic E-state index is 11.8. The smallest absolute Gasteiger partial charge is 0.328 e. The van der Waals surface area contributed by atoms with Crippen LogP contribution >= 0.6 is 0 Å². The van der Waals surface area contributed by atoms with Crippen LogP contribution in [0.4, 0.5) is 5.69 Å². The molecule has 0 spiro atoms. The van der Waals surface area contributed by atoms with Crippen LogP contribution in [0.5, 0.6) is 0 Å². The number of hydrogen-bond donors (Lipinski definition) is 2. The summed E-state index contributed by atoms with van der Waals surface area (Å²) in [6.07, 6.45) is 3.43. The van der Waals surface area contributed by atoms with E-state index in [-0.39, 0.29) is 11.8 Å². The Hall–Kier alpha value is -2.10. The highest BCUT2D eigenvalue weighted by atomic mass is 16.4. The fourth-order valence-corrected chi connectivity index (χ4v) is 1.55. The molecule has 1 atom stereocenters. The van der Waals surface area contributed by atoms with Crippen LogP contribution in [0.3, 0.4) is 0 Å². The summed E-state index contributed by atoms with van der Waals surface area (Å²) >= 11 is 0. The number of carboxylic acids is 1. The molecule has 0 bridgehead atoms. The van der Waals surface area contributed by atoms with E-state index in [1.807, 2.05) is 26.8 Å². The van der Waals surface area contributed by atoms with E-state index in [1.54, 1.807) is 12.1 Å². The van der Waals surface area contributed by atoms with Crippen LogP contribution in [-0.2, 0) is 9.59 Å². The maximum Gasteiger partial charge on any atom is 0.328 e. The largest absolute Gasteiger partial charge is 0.478 e. The Kier molecular flexibility index (Phi) is 5.30. The molecule has 1 amide bonds. The van der Waals surface area contributed by atoms with E-state index in [2.05, 4.69) is 5.32 Å². The van der Waals surface area contributed by atoms with Gasteiger partial charge >= 0.3 is 5.97 Å². The molecule has 0 aliphatic heterocycles. The number of benzene rings is 1. The number of carbonyl (C=O) groups is 2.